The Bertz CT molecular complexity index is 787. The van der Waals surface area contributed by atoms with Gasteiger partial charge in [0.25, 0.3) is 5.91 Å². The maximum atomic E-state index is 13.4. The number of nitrogens with zero attached hydrogens (tertiary/aromatic N) is 2. The van der Waals surface area contributed by atoms with E-state index in [1.807, 2.05) is 31.0 Å². The van der Waals surface area contributed by atoms with Crippen molar-refractivity contribution in [2.45, 2.75) is 32.2 Å². The van der Waals surface area contributed by atoms with Crippen LogP contribution in [-0.2, 0) is 19.2 Å². The van der Waals surface area contributed by atoms with Crippen molar-refractivity contribution in [2.24, 2.45) is 0 Å². The number of methoxy groups -OCH3 is 1. The quantitative estimate of drug-likeness (QED) is 0.665. The topological polar surface area (TPSA) is 71.5 Å². The van der Waals surface area contributed by atoms with E-state index in [0.29, 0.717) is 43.7 Å². The number of hydrogen-bond donors (Lipinski definition) is 1. The van der Waals surface area contributed by atoms with E-state index in [4.69, 9.17) is 14.4 Å². The Kier molecular flexibility index (Phi) is 6.46. The second-order valence-corrected chi connectivity index (χ2v) is 8.06. The summed E-state index contributed by atoms with van der Waals surface area (Å²) in [5.41, 5.74) is 2.13. The number of hydrogen-bond acceptors (Lipinski definition) is 6. The summed E-state index contributed by atoms with van der Waals surface area (Å²) in [6, 6.07) is 3.90. The number of ether oxygens (including phenoxy) is 1. The molecule has 3 rings (SSSR count). The third-order valence-electron chi connectivity index (χ3n) is 5.56. The van der Waals surface area contributed by atoms with Crippen LogP contribution in [0.1, 0.15) is 29.5 Å². The third kappa shape index (κ3) is 3.59. The normalized spacial score (nSPS) is 19.9. The van der Waals surface area contributed by atoms with Crippen LogP contribution in [0, 0.1) is 13.8 Å². The number of aryl methyl sites for hydroxylation is 2. The highest BCUT2D eigenvalue weighted by Gasteiger charge is 2.55. The molecule has 0 aliphatic carbocycles. The number of halogens is 1. The molecule has 1 aromatic carbocycles. The van der Waals surface area contributed by atoms with E-state index in [1.54, 1.807) is 14.2 Å². The Labute approximate surface area is 173 Å². The second-order valence-electron chi connectivity index (χ2n) is 7.21. The molecule has 1 spiro atoms. The molecule has 1 amide bonds. The molecule has 0 unspecified atom stereocenters. The number of aliphatic hydroxyl groups is 1. The molecule has 2 aliphatic rings. The predicted octanol–water partition coefficient (Wildman–Crippen LogP) is 3.15. The minimum atomic E-state index is -0.890. The summed E-state index contributed by atoms with van der Waals surface area (Å²) >= 11 is 3.54. The summed E-state index contributed by atoms with van der Waals surface area (Å²) in [6.45, 7) is 5.69. The number of carbonyl (C=O) groups excluding carboxylic acids is 1. The van der Waals surface area contributed by atoms with Crippen LogP contribution in [0.3, 0.4) is 0 Å². The van der Waals surface area contributed by atoms with Gasteiger partial charge in [0.05, 0.1) is 25.9 Å². The van der Waals surface area contributed by atoms with E-state index < -0.39 is 5.54 Å². The lowest BCUT2D eigenvalue weighted by molar-refractivity contribution is -0.235. The van der Waals surface area contributed by atoms with Crippen molar-refractivity contribution in [3.63, 3.8) is 0 Å². The standard InChI is InChI=1S/C20H27BrN2O5/c1-13-11-14(2)16(21)12-15(13)17-18(24)20(5-7-22(27-4)8-6-20)23(19(17)25)28-10-9-26-3/h11-12,24H,5-10H2,1-4H3. The number of rotatable bonds is 6. The van der Waals surface area contributed by atoms with Gasteiger partial charge in [-0.25, -0.2) is 5.06 Å². The SMILES string of the molecule is COCCON1C(=O)C(c2cc(Br)c(C)cc2C)=C(O)C12CCN(OC)CC2. The maximum absolute atomic E-state index is 13.4. The number of benzene rings is 1. The average molecular weight is 455 g/mol. The molecule has 7 nitrogen and oxygen atoms in total. The van der Waals surface area contributed by atoms with Crippen LogP contribution in [0.15, 0.2) is 22.4 Å². The molecule has 1 saturated heterocycles. The van der Waals surface area contributed by atoms with Gasteiger partial charge < -0.3 is 14.7 Å². The Balaban J connectivity index is 2.04. The van der Waals surface area contributed by atoms with Gasteiger partial charge >= 0.3 is 0 Å². The highest BCUT2D eigenvalue weighted by molar-refractivity contribution is 9.10. The lowest BCUT2D eigenvalue weighted by Crippen LogP contribution is -2.55. The molecule has 154 valence electrons. The molecule has 2 aliphatic heterocycles. The van der Waals surface area contributed by atoms with Crippen LogP contribution in [0.2, 0.25) is 0 Å². The van der Waals surface area contributed by atoms with Crippen molar-refractivity contribution in [2.75, 3.05) is 40.5 Å². The van der Waals surface area contributed by atoms with Crippen molar-refractivity contribution in [3.8, 4) is 0 Å². The van der Waals surface area contributed by atoms with Crippen LogP contribution in [0.4, 0.5) is 0 Å². The fourth-order valence-corrected chi connectivity index (χ4v) is 4.28. The van der Waals surface area contributed by atoms with E-state index >= 15 is 0 Å². The summed E-state index contributed by atoms with van der Waals surface area (Å²) in [5.74, 6) is -0.247. The monoisotopic (exact) mass is 454 g/mol. The molecular weight excluding hydrogens is 428 g/mol. The molecular formula is C20H27BrN2O5. The highest BCUT2D eigenvalue weighted by Crippen LogP contribution is 2.46. The van der Waals surface area contributed by atoms with E-state index in [9.17, 15) is 9.90 Å². The summed E-state index contributed by atoms with van der Waals surface area (Å²) in [5, 5.41) is 14.5. The Morgan fingerprint density at radius 3 is 2.43 bits per heavy atom. The van der Waals surface area contributed by atoms with E-state index in [0.717, 1.165) is 15.6 Å². The summed E-state index contributed by atoms with van der Waals surface area (Å²) in [7, 11) is 3.20. The lowest BCUT2D eigenvalue weighted by atomic mass is 9.85. The van der Waals surface area contributed by atoms with Gasteiger partial charge in [-0.05, 0) is 49.4 Å². The van der Waals surface area contributed by atoms with Gasteiger partial charge in [0.15, 0.2) is 0 Å². The second kappa shape index (κ2) is 8.51. The van der Waals surface area contributed by atoms with E-state index in [-0.39, 0.29) is 18.3 Å². The first kappa shape index (κ1) is 21.3. The number of carbonyl (C=O) groups is 1. The first-order chi connectivity index (χ1) is 13.4. The zero-order valence-corrected chi connectivity index (χ0v) is 18.3. The summed E-state index contributed by atoms with van der Waals surface area (Å²) < 4.78 is 5.95. The van der Waals surface area contributed by atoms with Crippen molar-refractivity contribution >= 4 is 27.4 Å². The fraction of sp³-hybridized carbons (Fsp3) is 0.550. The molecule has 1 fully saturated rings. The molecule has 0 aromatic heterocycles. The molecule has 1 aromatic rings. The van der Waals surface area contributed by atoms with E-state index in [1.165, 1.54) is 5.06 Å². The highest BCUT2D eigenvalue weighted by atomic mass is 79.9. The largest absolute Gasteiger partial charge is 0.509 e. The zero-order valence-electron chi connectivity index (χ0n) is 16.7. The minimum absolute atomic E-state index is 0.0736. The third-order valence-corrected chi connectivity index (χ3v) is 6.41. The van der Waals surface area contributed by atoms with Gasteiger partial charge in [0.1, 0.15) is 11.3 Å². The van der Waals surface area contributed by atoms with Gasteiger partial charge in [0, 0.05) is 24.7 Å². The van der Waals surface area contributed by atoms with Gasteiger partial charge in [-0.15, -0.1) is 0 Å². The molecule has 0 radical (unpaired) electrons. The number of piperidine rings is 1. The number of aliphatic hydroxyl groups excluding tert-OH is 1. The first-order valence-corrected chi connectivity index (χ1v) is 10.1. The summed E-state index contributed by atoms with van der Waals surface area (Å²) in [6.07, 6.45) is 1.03. The maximum Gasteiger partial charge on any atom is 0.282 e. The number of hydroxylamine groups is 4. The molecule has 1 N–H and O–H groups in total. The molecule has 8 heteroatoms. The van der Waals surface area contributed by atoms with Gasteiger partial charge in [-0.1, -0.05) is 22.0 Å². The van der Waals surface area contributed by atoms with Crippen LogP contribution in [-0.4, -0.2) is 67.2 Å². The van der Waals surface area contributed by atoms with E-state index in [2.05, 4.69) is 15.9 Å². The van der Waals surface area contributed by atoms with Crippen molar-refractivity contribution in [3.05, 3.63) is 39.1 Å². The Morgan fingerprint density at radius 2 is 1.82 bits per heavy atom. The van der Waals surface area contributed by atoms with Crippen LogP contribution >= 0.6 is 15.9 Å². The zero-order chi connectivity index (χ0) is 20.5. The average Bonchev–Trinajstić information content (AvgIpc) is 2.87. The predicted molar refractivity (Wildman–Crippen MR) is 108 cm³/mol. The molecule has 0 saturated carbocycles. The molecule has 28 heavy (non-hydrogen) atoms. The van der Waals surface area contributed by atoms with Gasteiger partial charge in [-0.3, -0.25) is 9.63 Å². The Hall–Kier alpha value is -1.45. The molecule has 0 atom stereocenters. The van der Waals surface area contributed by atoms with Crippen LogP contribution in [0.5, 0.6) is 0 Å². The number of amides is 1. The summed E-state index contributed by atoms with van der Waals surface area (Å²) in [4.78, 5) is 24.5. The Morgan fingerprint density at radius 1 is 1.14 bits per heavy atom. The molecule has 2 heterocycles. The fourth-order valence-electron chi connectivity index (χ4n) is 3.94. The minimum Gasteiger partial charge on any atom is -0.509 e. The molecule has 0 bridgehead atoms. The smallest absolute Gasteiger partial charge is 0.282 e. The van der Waals surface area contributed by atoms with Crippen molar-refractivity contribution in [1.29, 1.82) is 0 Å². The van der Waals surface area contributed by atoms with Gasteiger partial charge in [0.2, 0.25) is 0 Å². The van der Waals surface area contributed by atoms with Crippen molar-refractivity contribution in [1.82, 2.24) is 10.1 Å². The lowest BCUT2D eigenvalue weighted by Gasteiger charge is -2.42. The first-order valence-electron chi connectivity index (χ1n) is 9.32. The van der Waals surface area contributed by atoms with Gasteiger partial charge in [-0.2, -0.15) is 5.06 Å². The van der Waals surface area contributed by atoms with Crippen molar-refractivity contribution < 1.29 is 24.3 Å². The van der Waals surface area contributed by atoms with Crippen LogP contribution < -0.4 is 0 Å². The van der Waals surface area contributed by atoms with Crippen LogP contribution in [0.25, 0.3) is 5.57 Å².